The van der Waals surface area contributed by atoms with Crippen molar-refractivity contribution >= 4 is 34.0 Å². The van der Waals surface area contributed by atoms with E-state index in [1.54, 1.807) is 74.1 Å². The molecule has 0 saturated heterocycles. The van der Waals surface area contributed by atoms with Gasteiger partial charge in [-0.05, 0) is 43.3 Å². The van der Waals surface area contributed by atoms with Gasteiger partial charge in [0, 0.05) is 11.6 Å². The Kier molecular flexibility index (Phi) is 6.23. The topological polar surface area (TPSA) is 89.5 Å². The number of ether oxygens (including phenoxy) is 2. The van der Waals surface area contributed by atoms with E-state index in [1.807, 2.05) is 0 Å². The number of nitrogens with zero attached hydrogens (tertiary/aromatic N) is 1. The first-order valence-electron chi connectivity index (χ1n) is 8.48. The predicted octanol–water partition coefficient (Wildman–Crippen LogP) is 3.81. The molecule has 0 aliphatic rings. The van der Waals surface area contributed by atoms with Crippen LogP contribution >= 0.6 is 11.3 Å². The fourth-order valence-electron chi connectivity index (χ4n) is 2.39. The number of hydrogen-bond acceptors (Lipinski definition) is 6. The third-order valence-electron chi connectivity index (χ3n) is 3.82. The molecule has 0 fully saturated rings. The van der Waals surface area contributed by atoms with Gasteiger partial charge >= 0.3 is 0 Å². The smallest absolute Gasteiger partial charge is 0.265 e. The highest BCUT2D eigenvalue weighted by molar-refractivity contribution is 7.13. The van der Waals surface area contributed by atoms with Crippen LogP contribution in [0.3, 0.4) is 0 Å². The molecule has 0 aliphatic heterocycles. The Morgan fingerprint density at radius 1 is 1.04 bits per heavy atom. The summed E-state index contributed by atoms with van der Waals surface area (Å²) in [5, 5.41) is 7.71. The molecule has 0 spiro atoms. The van der Waals surface area contributed by atoms with E-state index in [0.717, 1.165) is 0 Å². The average molecular weight is 397 g/mol. The SMILES string of the molecule is COc1ccc(OC(C)C(=O)Nc2ccccc2C(=O)Nc2nccs2)cc1. The summed E-state index contributed by atoms with van der Waals surface area (Å²) in [4.78, 5) is 29.1. The fraction of sp³-hybridized carbons (Fsp3) is 0.150. The number of carbonyl (C=O) groups is 2. The Labute approximate surface area is 166 Å². The molecule has 8 heteroatoms. The van der Waals surface area contributed by atoms with E-state index in [0.29, 0.717) is 27.9 Å². The highest BCUT2D eigenvalue weighted by Crippen LogP contribution is 2.21. The Bertz CT molecular complexity index is 942. The lowest BCUT2D eigenvalue weighted by Gasteiger charge is -2.16. The van der Waals surface area contributed by atoms with Crippen LogP contribution in [0.5, 0.6) is 11.5 Å². The van der Waals surface area contributed by atoms with E-state index < -0.39 is 6.10 Å². The molecule has 1 atom stereocenters. The highest BCUT2D eigenvalue weighted by Gasteiger charge is 2.19. The summed E-state index contributed by atoms with van der Waals surface area (Å²) in [5.41, 5.74) is 0.731. The summed E-state index contributed by atoms with van der Waals surface area (Å²) in [6.45, 7) is 1.64. The number of rotatable bonds is 7. The van der Waals surface area contributed by atoms with Crippen LogP contribution in [-0.4, -0.2) is 30.0 Å². The molecule has 7 nitrogen and oxygen atoms in total. The normalized spacial score (nSPS) is 11.4. The van der Waals surface area contributed by atoms with E-state index in [1.165, 1.54) is 11.3 Å². The van der Waals surface area contributed by atoms with Crippen LogP contribution in [0.2, 0.25) is 0 Å². The Balaban J connectivity index is 1.66. The maximum absolute atomic E-state index is 12.5. The van der Waals surface area contributed by atoms with Crippen molar-refractivity contribution in [3.05, 3.63) is 65.7 Å². The molecule has 1 aromatic heterocycles. The van der Waals surface area contributed by atoms with Crippen molar-refractivity contribution in [2.45, 2.75) is 13.0 Å². The van der Waals surface area contributed by atoms with Gasteiger partial charge in [-0.3, -0.25) is 14.9 Å². The number of benzene rings is 2. The van der Waals surface area contributed by atoms with Gasteiger partial charge in [-0.1, -0.05) is 12.1 Å². The number of thiazole rings is 1. The molecule has 28 heavy (non-hydrogen) atoms. The molecule has 0 bridgehead atoms. The maximum atomic E-state index is 12.5. The lowest BCUT2D eigenvalue weighted by molar-refractivity contribution is -0.122. The summed E-state index contributed by atoms with van der Waals surface area (Å²) in [6.07, 6.45) is 0.843. The van der Waals surface area contributed by atoms with Gasteiger partial charge < -0.3 is 14.8 Å². The van der Waals surface area contributed by atoms with Crippen molar-refractivity contribution in [1.29, 1.82) is 0 Å². The minimum atomic E-state index is -0.761. The van der Waals surface area contributed by atoms with Gasteiger partial charge in [0.2, 0.25) is 0 Å². The summed E-state index contributed by atoms with van der Waals surface area (Å²) < 4.78 is 10.8. The van der Waals surface area contributed by atoms with E-state index in [9.17, 15) is 9.59 Å². The van der Waals surface area contributed by atoms with Gasteiger partial charge in [-0.15, -0.1) is 11.3 Å². The van der Waals surface area contributed by atoms with Gasteiger partial charge in [-0.25, -0.2) is 4.98 Å². The van der Waals surface area contributed by atoms with Crippen LogP contribution in [0, 0.1) is 0 Å². The molecule has 0 saturated carbocycles. The molecule has 2 aromatic carbocycles. The first kappa shape index (κ1) is 19.4. The van der Waals surface area contributed by atoms with Crippen molar-refractivity contribution in [3.8, 4) is 11.5 Å². The standard InChI is InChI=1S/C20H19N3O4S/c1-13(27-15-9-7-14(26-2)8-10-15)18(24)22-17-6-4-3-5-16(17)19(25)23-20-21-11-12-28-20/h3-13H,1-2H3,(H,22,24)(H,21,23,25). The molecule has 3 aromatic rings. The molecule has 0 radical (unpaired) electrons. The number of nitrogens with one attached hydrogen (secondary N) is 2. The van der Waals surface area contributed by atoms with Crippen LogP contribution in [0.25, 0.3) is 0 Å². The van der Waals surface area contributed by atoms with Crippen molar-refractivity contribution < 1.29 is 19.1 Å². The summed E-state index contributed by atoms with van der Waals surface area (Å²) >= 11 is 1.32. The molecule has 2 amide bonds. The Morgan fingerprint density at radius 3 is 2.43 bits per heavy atom. The minimum Gasteiger partial charge on any atom is -0.497 e. The number of para-hydroxylation sites is 1. The molecular weight excluding hydrogens is 378 g/mol. The monoisotopic (exact) mass is 397 g/mol. The molecule has 1 heterocycles. The molecule has 3 rings (SSSR count). The van der Waals surface area contributed by atoms with Crippen molar-refractivity contribution in [2.75, 3.05) is 17.7 Å². The summed E-state index contributed by atoms with van der Waals surface area (Å²) in [6, 6.07) is 13.7. The molecule has 1 unspecified atom stereocenters. The van der Waals surface area contributed by atoms with Gasteiger partial charge in [0.1, 0.15) is 11.5 Å². The van der Waals surface area contributed by atoms with E-state index >= 15 is 0 Å². The molecule has 0 aliphatic carbocycles. The average Bonchev–Trinajstić information content (AvgIpc) is 3.22. The number of anilines is 2. The van der Waals surface area contributed by atoms with Gasteiger partial charge in [0.15, 0.2) is 11.2 Å². The van der Waals surface area contributed by atoms with E-state index in [4.69, 9.17) is 9.47 Å². The van der Waals surface area contributed by atoms with Crippen LogP contribution in [0.1, 0.15) is 17.3 Å². The summed E-state index contributed by atoms with van der Waals surface area (Å²) in [7, 11) is 1.58. The number of methoxy groups -OCH3 is 1. The number of amides is 2. The van der Waals surface area contributed by atoms with Gasteiger partial charge in [-0.2, -0.15) is 0 Å². The minimum absolute atomic E-state index is 0.336. The third kappa shape index (κ3) is 4.86. The Hall–Kier alpha value is -3.39. The van der Waals surface area contributed by atoms with Crippen molar-refractivity contribution in [2.24, 2.45) is 0 Å². The lowest BCUT2D eigenvalue weighted by atomic mass is 10.1. The van der Waals surface area contributed by atoms with Crippen LogP contribution < -0.4 is 20.1 Å². The Morgan fingerprint density at radius 2 is 1.75 bits per heavy atom. The number of aromatic nitrogens is 1. The van der Waals surface area contributed by atoms with Gasteiger partial charge in [0.25, 0.3) is 11.8 Å². The molecule has 144 valence electrons. The van der Waals surface area contributed by atoms with Crippen LogP contribution in [0.4, 0.5) is 10.8 Å². The largest absolute Gasteiger partial charge is 0.497 e. The predicted molar refractivity (Wildman–Crippen MR) is 108 cm³/mol. The van der Waals surface area contributed by atoms with E-state index in [-0.39, 0.29) is 11.8 Å². The highest BCUT2D eigenvalue weighted by atomic mass is 32.1. The lowest BCUT2D eigenvalue weighted by Crippen LogP contribution is -2.31. The molecule has 2 N–H and O–H groups in total. The van der Waals surface area contributed by atoms with Crippen molar-refractivity contribution in [1.82, 2.24) is 4.98 Å². The molecular formula is C20H19N3O4S. The number of carbonyl (C=O) groups excluding carboxylic acids is 2. The zero-order valence-electron chi connectivity index (χ0n) is 15.3. The van der Waals surface area contributed by atoms with Crippen molar-refractivity contribution in [3.63, 3.8) is 0 Å². The second-order valence-electron chi connectivity index (χ2n) is 5.76. The maximum Gasteiger partial charge on any atom is 0.265 e. The summed E-state index contributed by atoms with van der Waals surface area (Å²) in [5.74, 6) is 0.516. The zero-order chi connectivity index (χ0) is 19.9. The van der Waals surface area contributed by atoms with Crippen LogP contribution in [-0.2, 0) is 4.79 Å². The zero-order valence-corrected chi connectivity index (χ0v) is 16.2. The van der Waals surface area contributed by atoms with Gasteiger partial charge in [0.05, 0.1) is 18.4 Å². The number of hydrogen-bond donors (Lipinski definition) is 2. The van der Waals surface area contributed by atoms with E-state index in [2.05, 4.69) is 15.6 Å². The first-order chi connectivity index (χ1) is 13.6. The second-order valence-corrected chi connectivity index (χ2v) is 6.66. The fourth-order valence-corrected chi connectivity index (χ4v) is 2.91. The first-order valence-corrected chi connectivity index (χ1v) is 9.36. The van der Waals surface area contributed by atoms with Crippen LogP contribution in [0.15, 0.2) is 60.1 Å². The quantitative estimate of drug-likeness (QED) is 0.633. The third-order valence-corrected chi connectivity index (χ3v) is 4.51. The second kappa shape index (κ2) is 9.01.